The van der Waals surface area contributed by atoms with Gasteiger partial charge in [0.2, 0.25) is 0 Å². The van der Waals surface area contributed by atoms with E-state index in [0.717, 1.165) is 37.4 Å². The van der Waals surface area contributed by atoms with E-state index in [4.69, 9.17) is 9.47 Å². The fourth-order valence-corrected chi connectivity index (χ4v) is 4.27. The van der Waals surface area contributed by atoms with Crippen LogP contribution in [0.25, 0.3) is 0 Å². The third kappa shape index (κ3) is 7.76. The van der Waals surface area contributed by atoms with Crippen LogP contribution < -0.4 is 9.47 Å². The van der Waals surface area contributed by atoms with Crippen molar-refractivity contribution in [3.63, 3.8) is 0 Å². The Morgan fingerprint density at radius 2 is 1.81 bits per heavy atom. The van der Waals surface area contributed by atoms with Crippen molar-refractivity contribution in [3.05, 3.63) is 53.3 Å². The van der Waals surface area contributed by atoms with Gasteiger partial charge in [-0.3, -0.25) is 9.88 Å². The summed E-state index contributed by atoms with van der Waals surface area (Å²) in [6.07, 6.45) is 7.69. The van der Waals surface area contributed by atoms with Gasteiger partial charge in [-0.25, -0.2) is 0 Å². The largest absolute Gasteiger partial charge is 0.493 e. The lowest BCUT2D eigenvalue weighted by Crippen LogP contribution is -2.37. The minimum Gasteiger partial charge on any atom is -0.493 e. The molecule has 2 heterocycles. The quantitative estimate of drug-likeness (QED) is 0.601. The molecule has 32 heavy (non-hydrogen) atoms. The summed E-state index contributed by atoms with van der Waals surface area (Å²) in [6, 6.07) is 10.1. The predicted octanol–water partition coefficient (Wildman–Crippen LogP) is 4.04. The molecule has 0 saturated carbocycles. The number of rotatable bonds is 10. The number of aromatic nitrogens is 1. The van der Waals surface area contributed by atoms with Gasteiger partial charge in [0.25, 0.3) is 0 Å². The van der Waals surface area contributed by atoms with Crippen molar-refractivity contribution in [3.8, 4) is 11.5 Å². The highest BCUT2D eigenvalue weighted by molar-refractivity contribution is 5.43. The van der Waals surface area contributed by atoms with Gasteiger partial charge >= 0.3 is 0 Å². The van der Waals surface area contributed by atoms with Crippen LogP contribution in [0.15, 0.2) is 36.5 Å². The smallest absolute Gasteiger partial charge is 0.161 e. The van der Waals surface area contributed by atoms with Crippen LogP contribution in [-0.2, 0) is 13.1 Å². The van der Waals surface area contributed by atoms with E-state index >= 15 is 0 Å². The molecule has 1 atom stereocenters. The highest BCUT2D eigenvalue weighted by Crippen LogP contribution is 2.29. The number of benzene rings is 1. The SMILES string of the molecule is COc1ccc(CN(C)Cc2ncccc2C)cc1OC[C@H](O)CN1CCCCCCC1. The van der Waals surface area contributed by atoms with Crippen molar-refractivity contribution >= 4 is 0 Å². The Hall–Kier alpha value is -2.15. The number of aliphatic hydroxyl groups excluding tert-OH is 1. The number of methoxy groups -OCH3 is 1. The Kier molecular flexibility index (Phi) is 9.78. The van der Waals surface area contributed by atoms with Crippen molar-refractivity contribution in [2.24, 2.45) is 0 Å². The summed E-state index contributed by atoms with van der Waals surface area (Å²) in [5.41, 5.74) is 3.43. The molecule has 0 radical (unpaired) electrons. The van der Waals surface area contributed by atoms with E-state index in [0.29, 0.717) is 18.0 Å². The number of ether oxygens (including phenoxy) is 2. The first kappa shape index (κ1) is 24.5. The topological polar surface area (TPSA) is 58.1 Å². The molecular weight excluding hydrogens is 402 g/mol. The van der Waals surface area contributed by atoms with Crippen LogP contribution in [0.4, 0.5) is 0 Å². The maximum atomic E-state index is 10.6. The Balaban J connectivity index is 1.55. The summed E-state index contributed by atoms with van der Waals surface area (Å²) < 4.78 is 11.5. The molecule has 1 aliphatic heterocycles. The van der Waals surface area contributed by atoms with Crippen LogP contribution in [-0.4, -0.2) is 66.4 Å². The third-order valence-corrected chi connectivity index (χ3v) is 6.07. The second-order valence-electron chi connectivity index (χ2n) is 8.96. The number of aryl methyl sites for hydroxylation is 1. The van der Waals surface area contributed by atoms with E-state index in [1.165, 1.54) is 37.7 Å². The number of likely N-dealkylation sites (tertiary alicyclic amines) is 1. The van der Waals surface area contributed by atoms with Crippen LogP contribution in [0.1, 0.15) is 48.9 Å². The average molecular weight is 442 g/mol. The van der Waals surface area contributed by atoms with E-state index in [-0.39, 0.29) is 6.61 Å². The third-order valence-electron chi connectivity index (χ3n) is 6.07. The Morgan fingerprint density at radius 3 is 2.53 bits per heavy atom. The maximum absolute atomic E-state index is 10.6. The first-order valence-electron chi connectivity index (χ1n) is 11.8. The molecule has 1 saturated heterocycles. The van der Waals surface area contributed by atoms with Gasteiger partial charge in [-0.1, -0.05) is 31.4 Å². The van der Waals surface area contributed by atoms with E-state index in [1.807, 2.05) is 24.4 Å². The zero-order valence-electron chi connectivity index (χ0n) is 19.9. The lowest BCUT2D eigenvalue weighted by atomic mass is 10.1. The highest BCUT2D eigenvalue weighted by atomic mass is 16.5. The average Bonchev–Trinajstić information content (AvgIpc) is 2.76. The van der Waals surface area contributed by atoms with Gasteiger partial charge in [0.1, 0.15) is 12.7 Å². The van der Waals surface area contributed by atoms with Crippen LogP contribution >= 0.6 is 0 Å². The minimum atomic E-state index is -0.516. The lowest BCUT2D eigenvalue weighted by molar-refractivity contribution is 0.0644. The molecule has 1 aromatic heterocycles. The molecule has 176 valence electrons. The van der Waals surface area contributed by atoms with Crippen LogP contribution in [0, 0.1) is 6.92 Å². The Morgan fingerprint density at radius 1 is 1.06 bits per heavy atom. The fourth-order valence-electron chi connectivity index (χ4n) is 4.27. The molecule has 0 aliphatic carbocycles. The van der Waals surface area contributed by atoms with Crippen molar-refractivity contribution < 1.29 is 14.6 Å². The zero-order chi connectivity index (χ0) is 22.8. The molecule has 1 fully saturated rings. The normalized spacial score (nSPS) is 16.4. The molecule has 0 unspecified atom stereocenters. The van der Waals surface area contributed by atoms with Gasteiger partial charge in [-0.15, -0.1) is 0 Å². The van der Waals surface area contributed by atoms with E-state index in [9.17, 15) is 5.11 Å². The first-order valence-corrected chi connectivity index (χ1v) is 11.8. The number of nitrogens with zero attached hydrogens (tertiary/aromatic N) is 3. The Labute approximate surface area is 193 Å². The van der Waals surface area contributed by atoms with Crippen LogP contribution in [0.3, 0.4) is 0 Å². The fraction of sp³-hybridized carbons (Fsp3) is 0.577. The number of hydrogen-bond donors (Lipinski definition) is 1. The number of β-amino-alcohol motifs (C(OH)–C–C–N with tert-alkyl or cyclic N) is 1. The maximum Gasteiger partial charge on any atom is 0.161 e. The van der Waals surface area contributed by atoms with Gasteiger partial charge < -0.3 is 19.5 Å². The van der Waals surface area contributed by atoms with Crippen LogP contribution in [0.5, 0.6) is 11.5 Å². The summed E-state index contributed by atoms with van der Waals surface area (Å²) in [4.78, 5) is 9.10. The summed E-state index contributed by atoms with van der Waals surface area (Å²) in [5, 5.41) is 10.6. The first-order chi connectivity index (χ1) is 15.5. The molecule has 6 nitrogen and oxygen atoms in total. The summed E-state index contributed by atoms with van der Waals surface area (Å²) in [6.45, 7) is 6.70. The zero-order valence-corrected chi connectivity index (χ0v) is 19.9. The van der Waals surface area contributed by atoms with Gasteiger partial charge in [0, 0.05) is 25.8 Å². The molecule has 6 heteroatoms. The van der Waals surface area contributed by atoms with Crippen molar-refractivity contribution in [2.45, 2.75) is 58.2 Å². The Bertz CT molecular complexity index is 822. The van der Waals surface area contributed by atoms with Gasteiger partial charge in [0.05, 0.1) is 12.8 Å². The van der Waals surface area contributed by atoms with Gasteiger partial charge in [-0.2, -0.15) is 0 Å². The molecule has 0 spiro atoms. The second kappa shape index (κ2) is 12.8. The molecule has 0 amide bonds. The summed E-state index contributed by atoms with van der Waals surface area (Å²) >= 11 is 0. The monoisotopic (exact) mass is 441 g/mol. The van der Waals surface area contributed by atoms with Crippen molar-refractivity contribution in [1.82, 2.24) is 14.8 Å². The predicted molar refractivity (Wildman–Crippen MR) is 128 cm³/mol. The second-order valence-corrected chi connectivity index (χ2v) is 8.96. The van der Waals surface area contributed by atoms with E-state index in [1.54, 1.807) is 7.11 Å². The van der Waals surface area contributed by atoms with Crippen molar-refractivity contribution in [2.75, 3.05) is 40.4 Å². The summed E-state index contributed by atoms with van der Waals surface area (Å²) in [7, 11) is 3.74. The molecule has 3 rings (SSSR count). The van der Waals surface area contributed by atoms with Gasteiger partial charge in [0.15, 0.2) is 11.5 Å². The lowest BCUT2D eigenvalue weighted by Gasteiger charge is -2.27. The number of pyridine rings is 1. The summed E-state index contributed by atoms with van der Waals surface area (Å²) in [5.74, 6) is 1.37. The molecule has 1 N–H and O–H groups in total. The minimum absolute atomic E-state index is 0.263. The molecule has 0 bridgehead atoms. The number of hydrogen-bond acceptors (Lipinski definition) is 6. The van der Waals surface area contributed by atoms with E-state index in [2.05, 4.69) is 40.9 Å². The molecule has 1 aliphatic rings. The standard InChI is InChI=1S/C26H39N3O3/c1-21-10-9-13-27-24(21)19-28(2)17-22-11-12-25(31-3)26(16-22)32-20-23(30)18-29-14-7-5-4-6-8-15-29/h9-13,16,23,30H,4-8,14-15,17-20H2,1-3H3/t23-/m1/s1. The van der Waals surface area contributed by atoms with Crippen LogP contribution in [0.2, 0.25) is 0 Å². The number of aliphatic hydroxyl groups is 1. The van der Waals surface area contributed by atoms with Crippen molar-refractivity contribution in [1.29, 1.82) is 0 Å². The highest BCUT2D eigenvalue weighted by Gasteiger charge is 2.15. The van der Waals surface area contributed by atoms with E-state index < -0.39 is 6.10 Å². The molecule has 1 aromatic carbocycles. The molecule has 2 aromatic rings. The van der Waals surface area contributed by atoms with Gasteiger partial charge in [-0.05, 0) is 69.2 Å². The molecular formula is C26H39N3O3.